The minimum atomic E-state index is 0.718. The van der Waals surface area contributed by atoms with E-state index in [9.17, 15) is 0 Å². The SMILES string of the molecule is Cc1nc(N(C)Cc2cccc(Cl)c2)ccc1N. The van der Waals surface area contributed by atoms with Crippen LogP contribution in [0.15, 0.2) is 36.4 Å². The molecule has 0 amide bonds. The predicted molar refractivity (Wildman–Crippen MR) is 76.9 cm³/mol. The molecule has 0 radical (unpaired) electrons. The Hall–Kier alpha value is -1.74. The third kappa shape index (κ3) is 2.93. The molecule has 0 aliphatic carbocycles. The number of rotatable bonds is 3. The molecular weight excluding hydrogens is 246 g/mol. The van der Waals surface area contributed by atoms with Crippen molar-refractivity contribution in [1.29, 1.82) is 0 Å². The standard InChI is InChI=1S/C14H16ClN3/c1-10-13(16)6-7-14(17-10)18(2)9-11-4-3-5-12(15)8-11/h3-8H,9,16H2,1-2H3. The summed E-state index contributed by atoms with van der Waals surface area (Å²) in [6.45, 7) is 2.67. The number of nitrogen functional groups attached to an aromatic ring is 1. The number of hydrogen-bond acceptors (Lipinski definition) is 3. The molecule has 1 aromatic carbocycles. The fraction of sp³-hybridized carbons (Fsp3) is 0.214. The number of hydrogen-bond donors (Lipinski definition) is 1. The van der Waals surface area contributed by atoms with Crippen molar-refractivity contribution < 1.29 is 0 Å². The Labute approximate surface area is 112 Å². The molecule has 18 heavy (non-hydrogen) atoms. The van der Waals surface area contributed by atoms with Crippen molar-refractivity contribution in [3.63, 3.8) is 0 Å². The van der Waals surface area contributed by atoms with E-state index in [2.05, 4.69) is 9.88 Å². The lowest BCUT2D eigenvalue weighted by Crippen LogP contribution is -2.18. The number of anilines is 2. The van der Waals surface area contributed by atoms with Crippen LogP contribution >= 0.6 is 11.6 Å². The van der Waals surface area contributed by atoms with Gasteiger partial charge in [-0.15, -0.1) is 0 Å². The smallest absolute Gasteiger partial charge is 0.128 e. The highest BCUT2D eigenvalue weighted by molar-refractivity contribution is 6.30. The van der Waals surface area contributed by atoms with Crippen molar-refractivity contribution in [2.45, 2.75) is 13.5 Å². The van der Waals surface area contributed by atoms with Gasteiger partial charge in [-0.05, 0) is 36.8 Å². The van der Waals surface area contributed by atoms with Crippen LogP contribution in [0.5, 0.6) is 0 Å². The van der Waals surface area contributed by atoms with Gasteiger partial charge >= 0.3 is 0 Å². The average molecular weight is 262 g/mol. The summed E-state index contributed by atoms with van der Waals surface area (Å²) in [6.07, 6.45) is 0. The second-order valence-electron chi connectivity index (χ2n) is 4.33. The van der Waals surface area contributed by atoms with Crippen molar-refractivity contribution in [1.82, 2.24) is 4.98 Å². The maximum absolute atomic E-state index is 5.97. The van der Waals surface area contributed by atoms with Crippen LogP contribution in [0.25, 0.3) is 0 Å². The molecule has 94 valence electrons. The van der Waals surface area contributed by atoms with Gasteiger partial charge in [0.25, 0.3) is 0 Å². The number of aryl methyl sites for hydroxylation is 1. The molecule has 2 aromatic rings. The molecule has 0 spiro atoms. The number of benzene rings is 1. The summed E-state index contributed by atoms with van der Waals surface area (Å²) in [5.41, 5.74) is 8.49. The number of aromatic nitrogens is 1. The van der Waals surface area contributed by atoms with Crippen LogP contribution in [0.2, 0.25) is 5.02 Å². The van der Waals surface area contributed by atoms with Crippen LogP contribution in [-0.4, -0.2) is 12.0 Å². The molecule has 0 fully saturated rings. The fourth-order valence-corrected chi connectivity index (χ4v) is 1.97. The Bertz CT molecular complexity index is 554. The lowest BCUT2D eigenvalue weighted by molar-refractivity contribution is 0.893. The van der Waals surface area contributed by atoms with Crippen molar-refractivity contribution in [3.05, 3.63) is 52.7 Å². The van der Waals surface area contributed by atoms with Crippen LogP contribution < -0.4 is 10.6 Å². The Balaban J connectivity index is 2.16. The summed E-state index contributed by atoms with van der Waals surface area (Å²) in [6, 6.07) is 11.6. The van der Waals surface area contributed by atoms with Crippen LogP contribution in [0, 0.1) is 6.92 Å². The number of nitrogens with zero attached hydrogens (tertiary/aromatic N) is 2. The van der Waals surface area contributed by atoms with E-state index in [1.54, 1.807) is 0 Å². The van der Waals surface area contributed by atoms with Crippen LogP contribution in [0.1, 0.15) is 11.3 Å². The fourth-order valence-electron chi connectivity index (χ4n) is 1.76. The summed E-state index contributed by atoms with van der Waals surface area (Å²) >= 11 is 5.97. The first-order valence-electron chi connectivity index (χ1n) is 5.75. The molecule has 0 saturated carbocycles. The molecule has 4 heteroatoms. The normalized spacial score (nSPS) is 10.4. The summed E-state index contributed by atoms with van der Waals surface area (Å²) in [7, 11) is 2.00. The molecule has 0 saturated heterocycles. The van der Waals surface area contributed by atoms with Gasteiger partial charge in [-0.3, -0.25) is 0 Å². The van der Waals surface area contributed by atoms with Crippen molar-refractivity contribution in [2.75, 3.05) is 17.7 Å². The van der Waals surface area contributed by atoms with Crippen LogP contribution in [0.3, 0.4) is 0 Å². The lowest BCUT2D eigenvalue weighted by Gasteiger charge is -2.19. The first-order chi connectivity index (χ1) is 8.56. The van der Waals surface area contributed by atoms with Gasteiger partial charge in [0.05, 0.1) is 11.4 Å². The van der Waals surface area contributed by atoms with Crippen LogP contribution in [-0.2, 0) is 6.54 Å². The first-order valence-corrected chi connectivity index (χ1v) is 6.13. The second kappa shape index (κ2) is 5.27. The van der Waals surface area contributed by atoms with Gasteiger partial charge < -0.3 is 10.6 Å². The highest BCUT2D eigenvalue weighted by Crippen LogP contribution is 2.18. The Morgan fingerprint density at radius 1 is 1.28 bits per heavy atom. The van der Waals surface area contributed by atoms with Gasteiger partial charge in [-0.2, -0.15) is 0 Å². The monoisotopic (exact) mass is 261 g/mol. The number of halogens is 1. The molecule has 0 atom stereocenters. The summed E-state index contributed by atoms with van der Waals surface area (Å²) in [5.74, 6) is 0.904. The Morgan fingerprint density at radius 3 is 2.72 bits per heavy atom. The zero-order valence-corrected chi connectivity index (χ0v) is 11.3. The van der Waals surface area contributed by atoms with E-state index in [4.69, 9.17) is 17.3 Å². The van der Waals surface area contributed by atoms with E-state index in [1.807, 2.05) is 50.4 Å². The molecule has 2 N–H and O–H groups in total. The number of pyridine rings is 1. The van der Waals surface area contributed by atoms with E-state index in [0.29, 0.717) is 0 Å². The van der Waals surface area contributed by atoms with Crippen molar-refractivity contribution >= 4 is 23.1 Å². The molecule has 0 aliphatic heterocycles. The van der Waals surface area contributed by atoms with Gasteiger partial charge in [0.15, 0.2) is 0 Å². The summed E-state index contributed by atoms with van der Waals surface area (Å²) < 4.78 is 0. The maximum atomic E-state index is 5.97. The Kier molecular flexibility index (Phi) is 3.72. The predicted octanol–water partition coefficient (Wildman–Crippen LogP) is 3.26. The minimum Gasteiger partial charge on any atom is -0.397 e. The van der Waals surface area contributed by atoms with E-state index in [1.165, 1.54) is 0 Å². The van der Waals surface area contributed by atoms with Gasteiger partial charge in [0.2, 0.25) is 0 Å². The minimum absolute atomic E-state index is 0.718. The molecule has 0 aliphatic rings. The van der Waals surface area contributed by atoms with Gasteiger partial charge in [-0.1, -0.05) is 23.7 Å². The molecular formula is C14H16ClN3. The Morgan fingerprint density at radius 2 is 2.06 bits per heavy atom. The average Bonchev–Trinajstić information content (AvgIpc) is 2.32. The highest BCUT2D eigenvalue weighted by atomic mass is 35.5. The van der Waals surface area contributed by atoms with E-state index >= 15 is 0 Å². The van der Waals surface area contributed by atoms with Crippen LogP contribution in [0.4, 0.5) is 11.5 Å². The third-order valence-corrected chi connectivity index (χ3v) is 3.05. The zero-order chi connectivity index (χ0) is 13.1. The van der Waals surface area contributed by atoms with Gasteiger partial charge in [-0.25, -0.2) is 4.98 Å². The zero-order valence-electron chi connectivity index (χ0n) is 10.5. The first kappa shape index (κ1) is 12.7. The topological polar surface area (TPSA) is 42.2 Å². The maximum Gasteiger partial charge on any atom is 0.128 e. The molecule has 0 bridgehead atoms. The molecule has 3 nitrogen and oxygen atoms in total. The van der Waals surface area contributed by atoms with Gasteiger partial charge in [0, 0.05) is 18.6 Å². The van der Waals surface area contributed by atoms with E-state index < -0.39 is 0 Å². The summed E-state index contributed by atoms with van der Waals surface area (Å²) in [5, 5.41) is 0.752. The number of nitrogens with two attached hydrogens (primary N) is 1. The van der Waals surface area contributed by atoms with Crippen molar-refractivity contribution in [2.24, 2.45) is 0 Å². The van der Waals surface area contributed by atoms with E-state index in [-0.39, 0.29) is 0 Å². The molecule has 1 aromatic heterocycles. The second-order valence-corrected chi connectivity index (χ2v) is 4.77. The largest absolute Gasteiger partial charge is 0.397 e. The van der Waals surface area contributed by atoms with Crippen molar-refractivity contribution in [3.8, 4) is 0 Å². The highest BCUT2D eigenvalue weighted by Gasteiger charge is 2.05. The third-order valence-electron chi connectivity index (χ3n) is 2.81. The van der Waals surface area contributed by atoms with E-state index in [0.717, 1.165) is 34.3 Å². The lowest BCUT2D eigenvalue weighted by atomic mass is 10.2. The summed E-state index contributed by atoms with van der Waals surface area (Å²) in [4.78, 5) is 6.53. The quantitative estimate of drug-likeness (QED) is 0.922. The molecule has 1 heterocycles. The molecule has 2 rings (SSSR count). The molecule has 0 unspecified atom stereocenters. The van der Waals surface area contributed by atoms with Gasteiger partial charge in [0.1, 0.15) is 5.82 Å².